The standard InChI is InChI=1S/C18H24N4O2/c1-2-24-15-6-3-13(4-7-15)5-8-17(23)21-16-12-20-22-18(16)14-9-10-19-11-14/h3-4,6-7,12,14,19H,2,5,8-11H2,1H3,(H,20,22)(H,21,23). The average molecular weight is 328 g/mol. The molecule has 128 valence electrons. The Morgan fingerprint density at radius 2 is 2.21 bits per heavy atom. The normalized spacial score (nSPS) is 17.0. The largest absolute Gasteiger partial charge is 0.494 e. The van der Waals surface area contributed by atoms with Gasteiger partial charge in [-0.3, -0.25) is 9.89 Å². The van der Waals surface area contributed by atoms with Gasteiger partial charge in [0.05, 0.1) is 24.2 Å². The Hall–Kier alpha value is -2.34. The first-order chi connectivity index (χ1) is 11.8. The fourth-order valence-electron chi connectivity index (χ4n) is 3.00. The highest BCUT2D eigenvalue weighted by atomic mass is 16.5. The maximum atomic E-state index is 12.2. The number of aromatic amines is 1. The Balaban J connectivity index is 1.51. The summed E-state index contributed by atoms with van der Waals surface area (Å²) in [4.78, 5) is 12.2. The predicted molar refractivity (Wildman–Crippen MR) is 93.4 cm³/mol. The van der Waals surface area contributed by atoms with E-state index < -0.39 is 0 Å². The first-order valence-electron chi connectivity index (χ1n) is 8.52. The summed E-state index contributed by atoms with van der Waals surface area (Å²) in [6.07, 6.45) is 3.91. The molecule has 1 aliphatic heterocycles. The molecule has 0 spiro atoms. The minimum absolute atomic E-state index is 0.0116. The Morgan fingerprint density at radius 3 is 2.92 bits per heavy atom. The molecule has 6 heteroatoms. The van der Waals surface area contributed by atoms with Gasteiger partial charge < -0.3 is 15.4 Å². The molecule has 0 saturated carbocycles. The molecule has 1 atom stereocenters. The molecule has 3 N–H and O–H groups in total. The van der Waals surface area contributed by atoms with Gasteiger partial charge in [0.25, 0.3) is 0 Å². The third-order valence-electron chi connectivity index (χ3n) is 4.29. The summed E-state index contributed by atoms with van der Waals surface area (Å²) in [6.45, 7) is 4.56. The number of H-pyrrole nitrogens is 1. The van der Waals surface area contributed by atoms with Gasteiger partial charge in [0.15, 0.2) is 0 Å². The van der Waals surface area contributed by atoms with E-state index in [1.54, 1.807) is 6.20 Å². The van der Waals surface area contributed by atoms with E-state index in [1.807, 2.05) is 31.2 Å². The lowest BCUT2D eigenvalue weighted by molar-refractivity contribution is -0.116. The molecule has 1 fully saturated rings. The number of amides is 1. The van der Waals surface area contributed by atoms with Gasteiger partial charge in [-0.15, -0.1) is 0 Å². The zero-order valence-corrected chi connectivity index (χ0v) is 14.0. The molecule has 1 unspecified atom stereocenters. The van der Waals surface area contributed by atoms with E-state index in [4.69, 9.17) is 4.74 Å². The second-order valence-electron chi connectivity index (χ2n) is 6.01. The SMILES string of the molecule is CCOc1ccc(CCC(=O)Nc2cn[nH]c2C2CCNC2)cc1. The highest BCUT2D eigenvalue weighted by molar-refractivity contribution is 5.91. The highest BCUT2D eigenvalue weighted by Crippen LogP contribution is 2.26. The fourth-order valence-corrected chi connectivity index (χ4v) is 3.00. The van der Waals surface area contributed by atoms with Crippen LogP contribution in [0.3, 0.4) is 0 Å². The number of aryl methyl sites for hydroxylation is 1. The van der Waals surface area contributed by atoms with Crippen molar-refractivity contribution in [1.29, 1.82) is 0 Å². The van der Waals surface area contributed by atoms with Crippen molar-refractivity contribution < 1.29 is 9.53 Å². The zero-order valence-electron chi connectivity index (χ0n) is 14.0. The smallest absolute Gasteiger partial charge is 0.224 e. The van der Waals surface area contributed by atoms with Crippen LogP contribution in [-0.4, -0.2) is 35.8 Å². The van der Waals surface area contributed by atoms with Crippen LogP contribution < -0.4 is 15.4 Å². The van der Waals surface area contributed by atoms with Crippen molar-refractivity contribution in [1.82, 2.24) is 15.5 Å². The molecule has 0 radical (unpaired) electrons. The van der Waals surface area contributed by atoms with E-state index >= 15 is 0 Å². The van der Waals surface area contributed by atoms with E-state index in [-0.39, 0.29) is 5.91 Å². The molecule has 1 aliphatic rings. The van der Waals surface area contributed by atoms with Crippen LogP contribution >= 0.6 is 0 Å². The minimum atomic E-state index is 0.0116. The first-order valence-corrected chi connectivity index (χ1v) is 8.52. The van der Waals surface area contributed by atoms with E-state index in [0.717, 1.165) is 42.2 Å². The molecule has 6 nitrogen and oxygen atoms in total. The molecule has 1 aromatic heterocycles. The first kappa shape index (κ1) is 16.5. The summed E-state index contributed by atoms with van der Waals surface area (Å²) < 4.78 is 5.42. The van der Waals surface area contributed by atoms with Gasteiger partial charge in [-0.25, -0.2) is 0 Å². The highest BCUT2D eigenvalue weighted by Gasteiger charge is 2.22. The number of carbonyl (C=O) groups is 1. The van der Waals surface area contributed by atoms with Crippen molar-refractivity contribution in [2.75, 3.05) is 25.0 Å². The van der Waals surface area contributed by atoms with Crippen LogP contribution in [0.15, 0.2) is 30.5 Å². The lowest BCUT2D eigenvalue weighted by atomic mass is 10.0. The number of hydrogen-bond acceptors (Lipinski definition) is 4. The number of rotatable bonds is 7. The molecular formula is C18H24N4O2. The Labute approximate surface area is 142 Å². The topological polar surface area (TPSA) is 79.0 Å². The summed E-state index contributed by atoms with van der Waals surface area (Å²) in [5.41, 5.74) is 2.95. The number of benzene rings is 1. The second kappa shape index (κ2) is 7.97. The molecule has 0 bridgehead atoms. The van der Waals surface area contributed by atoms with Crippen molar-refractivity contribution in [3.8, 4) is 5.75 Å². The Kier molecular flexibility index (Phi) is 5.48. The molecule has 1 saturated heterocycles. The molecule has 2 aromatic rings. The van der Waals surface area contributed by atoms with Crippen LogP contribution in [0.5, 0.6) is 5.75 Å². The summed E-state index contributed by atoms with van der Waals surface area (Å²) in [5, 5.41) is 13.4. The minimum Gasteiger partial charge on any atom is -0.494 e. The third kappa shape index (κ3) is 4.14. The Morgan fingerprint density at radius 1 is 1.38 bits per heavy atom. The van der Waals surface area contributed by atoms with Crippen LogP contribution in [0, 0.1) is 0 Å². The summed E-state index contributed by atoms with van der Waals surface area (Å²) >= 11 is 0. The maximum Gasteiger partial charge on any atom is 0.224 e. The van der Waals surface area contributed by atoms with E-state index in [0.29, 0.717) is 25.4 Å². The fraction of sp³-hybridized carbons (Fsp3) is 0.444. The lowest BCUT2D eigenvalue weighted by Gasteiger charge is -2.10. The van der Waals surface area contributed by atoms with Crippen molar-refractivity contribution in [3.05, 3.63) is 41.7 Å². The number of ether oxygens (including phenoxy) is 1. The number of nitrogens with zero attached hydrogens (tertiary/aromatic N) is 1. The van der Waals surface area contributed by atoms with Gasteiger partial charge in [0, 0.05) is 18.9 Å². The van der Waals surface area contributed by atoms with Gasteiger partial charge in [-0.1, -0.05) is 12.1 Å². The Bertz CT molecular complexity index is 660. The molecule has 1 amide bonds. The van der Waals surface area contributed by atoms with E-state index in [2.05, 4.69) is 20.8 Å². The van der Waals surface area contributed by atoms with Crippen LogP contribution in [0.25, 0.3) is 0 Å². The summed E-state index contributed by atoms with van der Waals surface area (Å²) in [5.74, 6) is 1.27. The van der Waals surface area contributed by atoms with Crippen molar-refractivity contribution in [3.63, 3.8) is 0 Å². The third-order valence-corrected chi connectivity index (χ3v) is 4.29. The number of hydrogen-bond donors (Lipinski definition) is 3. The van der Waals surface area contributed by atoms with Crippen molar-refractivity contribution in [2.24, 2.45) is 0 Å². The van der Waals surface area contributed by atoms with Crippen LogP contribution in [0.2, 0.25) is 0 Å². The summed E-state index contributed by atoms with van der Waals surface area (Å²) in [7, 11) is 0. The van der Waals surface area contributed by atoms with Crippen molar-refractivity contribution >= 4 is 11.6 Å². The molecule has 24 heavy (non-hydrogen) atoms. The quantitative estimate of drug-likeness (QED) is 0.729. The summed E-state index contributed by atoms with van der Waals surface area (Å²) in [6, 6.07) is 7.90. The van der Waals surface area contributed by atoms with Gasteiger partial charge >= 0.3 is 0 Å². The van der Waals surface area contributed by atoms with Gasteiger partial charge in [0.1, 0.15) is 5.75 Å². The van der Waals surface area contributed by atoms with Crippen LogP contribution in [0.1, 0.15) is 36.9 Å². The van der Waals surface area contributed by atoms with E-state index in [1.165, 1.54) is 0 Å². The van der Waals surface area contributed by atoms with Crippen LogP contribution in [-0.2, 0) is 11.2 Å². The predicted octanol–water partition coefficient (Wildman–Crippen LogP) is 2.46. The zero-order chi connectivity index (χ0) is 16.8. The second-order valence-corrected chi connectivity index (χ2v) is 6.01. The van der Waals surface area contributed by atoms with Gasteiger partial charge in [-0.05, 0) is 44.0 Å². The number of nitrogens with one attached hydrogen (secondary N) is 3. The van der Waals surface area contributed by atoms with Crippen LogP contribution in [0.4, 0.5) is 5.69 Å². The van der Waals surface area contributed by atoms with Gasteiger partial charge in [0.2, 0.25) is 5.91 Å². The average Bonchev–Trinajstić information content (AvgIpc) is 3.25. The maximum absolute atomic E-state index is 12.2. The van der Waals surface area contributed by atoms with Crippen molar-refractivity contribution in [2.45, 2.75) is 32.1 Å². The molecular weight excluding hydrogens is 304 g/mol. The molecule has 2 heterocycles. The number of aromatic nitrogens is 2. The molecule has 0 aliphatic carbocycles. The monoisotopic (exact) mass is 328 g/mol. The van der Waals surface area contributed by atoms with E-state index in [9.17, 15) is 4.79 Å². The van der Waals surface area contributed by atoms with Gasteiger partial charge in [-0.2, -0.15) is 5.10 Å². The molecule has 1 aromatic carbocycles. The molecule has 3 rings (SSSR count). The number of carbonyl (C=O) groups excluding carboxylic acids is 1. The number of anilines is 1. The lowest BCUT2D eigenvalue weighted by Crippen LogP contribution is -2.15.